The molecule has 1 atom stereocenters. The molecule has 4 rings (SSSR count). The van der Waals surface area contributed by atoms with Gasteiger partial charge in [0.2, 0.25) is 0 Å². The number of halogens is 1. The van der Waals surface area contributed by atoms with E-state index < -0.39 is 0 Å². The van der Waals surface area contributed by atoms with Gasteiger partial charge in [0.05, 0.1) is 11.7 Å². The predicted octanol–water partition coefficient (Wildman–Crippen LogP) is 7.06. The highest BCUT2D eigenvalue weighted by molar-refractivity contribution is 6.30. The third-order valence-corrected chi connectivity index (χ3v) is 6.99. The van der Waals surface area contributed by atoms with E-state index in [2.05, 4.69) is 55.8 Å². The number of benzene rings is 3. The van der Waals surface area contributed by atoms with E-state index in [0.717, 1.165) is 22.6 Å². The van der Waals surface area contributed by atoms with Crippen molar-refractivity contribution in [3.05, 3.63) is 112 Å². The lowest BCUT2D eigenvalue weighted by molar-refractivity contribution is 0.0604. The smallest absolute Gasteiger partial charge is 0.254 e. The standard InChI is InChI=1S/C32H37ClN4O/c1-22(2)30(37(17-7-16-34)32(38)26-14-12-23(3)13-15-26)31-35-29(27-10-6-11-28(33)19-27)21-36(31)20-25-9-5-8-24(4)18-25/h5-6,8-15,18-19,21-22,30H,7,16-17,20,34H2,1-4H3. The van der Waals surface area contributed by atoms with Crippen LogP contribution in [-0.4, -0.2) is 33.4 Å². The molecule has 2 N–H and O–H groups in total. The van der Waals surface area contributed by atoms with E-state index >= 15 is 0 Å². The molecule has 198 valence electrons. The van der Waals surface area contributed by atoms with Crippen LogP contribution in [0.15, 0.2) is 79.0 Å². The maximum atomic E-state index is 13.9. The Bertz CT molecular complexity index is 1380. The molecule has 0 aliphatic rings. The summed E-state index contributed by atoms with van der Waals surface area (Å²) in [6, 6.07) is 23.8. The average Bonchev–Trinajstić information content (AvgIpc) is 3.29. The van der Waals surface area contributed by atoms with Crippen molar-refractivity contribution in [3.8, 4) is 11.3 Å². The van der Waals surface area contributed by atoms with Gasteiger partial charge in [-0.3, -0.25) is 4.79 Å². The highest BCUT2D eigenvalue weighted by atomic mass is 35.5. The summed E-state index contributed by atoms with van der Waals surface area (Å²) in [4.78, 5) is 21.1. The van der Waals surface area contributed by atoms with E-state index in [9.17, 15) is 4.79 Å². The Morgan fingerprint density at radius 1 is 1.00 bits per heavy atom. The maximum Gasteiger partial charge on any atom is 0.254 e. The quantitative estimate of drug-likeness (QED) is 0.240. The minimum Gasteiger partial charge on any atom is -0.330 e. The SMILES string of the molecule is Cc1ccc(C(=O)N(CCCN)C(c2nc(-c3cccc(Cl)c3)cn2Cc2cccc(C)c2)C(C)C)cc1. The minimum absolute atomic E-state index is 0.00781. The summed E-state index contributed by atoms with van der Waals surface area (Å²) in [6.45, 7) is 10.1. The molecule has 0 radical (unpaired) electrons. The number of nitrogens with zero attached hydrogens (tertiary/aromatic N) is 3. The van der Waals surface area contributed by atoms with Crippen molar-refractivity contribution in [1.29, 1.82) is 0 Å². The van der Waals surface area contributed by atoms with Gasteiger partial charge in [0.15, 0.2) is 0 Å². The topological polar surface area (TPSA) is 64.2 Å². The first kappa shape index (κ1) is 27.6. The molecule has 0 saturated heterocycles. The van der Waals surface area contributed by atoms with Gasteiger partial charge >= 0.3 is 0 Å². The van der Waals surface area contributed by atoms with E-state index in [4.69, 9.17) is 22.3 Å². The van der Waals surface area contributed by atoms with Crippen LogP contribution in [0.3, 0.4) is 0 Å². The molecular formula is C32H37ClN4O. The van der Waals surface area contributed by atoms with Crippen LogP contribution < -0.4 is 5.73 Å². The monoisotopic (exact) mass is 528 g/mol. The first-order valence-electron chi connectivity index (χ1n) is 13.2. The van der Waals surface area contributed by atoms with Crippen molar-refractivity contribution in [2.75, 3.05) is 13.1 Å². The van der Waals surface area contributed by atoms with Gasteiger partial charge in [-0.2, -0.15) is 0 Å². The Morgan fingerprint density at radius 3 is 2.39 bits per heavy atom. The zero-order valence-electron chi connectivity index (χ0n) is 22.7. The van der Waals surface area contributed by atoms with Crippen molar-refractivity contribution < 1.29 is 4.79 Å². The van der Waals surface area contributed by atoms with Crippen molar-refractivity contribution in [2.24, 2.45) is 11.7 Å². The van der Waals surface area contributed by atoms with Crippen LogP contribution in [0.1, 0.15) is 59.2 Å². The number of aryl methyl sites for hydroxylation is 2. The second-order valence-corrected chi connectivity index (χ2v) is 10.7. The van der Waals surface area contributed by atoms with E-state index in [1.54, 1.807) is 0 Å². The lowest BCUT2D eigenvalue weighted by atomic mass is 9.99. The molecule has 5 nitrogen and oxygen atoms in total. The second-order valence-electron chi connectivity index (χ2n) is 10.3. The number of rotatable bonds is 10. The molecule has 0 spiro atoms. The predicted molar refractivity (Wildman–Crippen MR) is 156 cm³/mol. The second kappa shape index (κ2) is 12.4. The molecule has 1 unspecified atom stereocenters. The van der Waals surface area contributed by atoms with E-state index in [-0.39, 0.29) is 17.9 Å². The molecular weight excluding hydrogens is 492 g/mol. The fourth-order valence-corrected chi connectivity index (χ4v) is 5.07. The number of carbonyl (C=O) groups excluding carboxylic acids is 1. The van der Waals surface area contributed by atoms with Gasteiger partial charge in [-0.05, 0) is 62.6 Å². The van der Waals surface area contributed by atoms with Crippen molar-refractivity contribution in [2.45, 2.75) is 46.7 Å². The summed E-state index contributed by atoms with van der Waals surface area (Å²) in [7, 11) is 0. The van der Waals surface area contributed by atoms with E-state index in [1.807, 2.05) is 60.4 Å². The summed E-state index contributed by atoms with van der Waals surface area (Å²) in [5, 5.41) is 0.664. The van der Waals surface area contributed by atoms with Crippen LogP contribution in [-0.2, 0) is 6.54 Å². The van der Waals surface area contributed by atoms with E-state index in [1.165, 1.54) is 11.1 Å². The Hall–Kier alpha value is -3.41. The number of amides is 1. The fraction of sp³-hybridized carbons (Fsp3) is 0.312. The van der Waals surface area contributed by atoms with Gasteiger partial charge in [-0.1, -0.05) is 85.1 Å². The first-order chi connectivity index (χ1) is 18.3. The van der Waals surface area contributed by atoms with Gasteiger partial charge in [-0.15, -0.1) is 0 Å². The molecule has 38 heavy (non-hydrogen) atoms. The molecule has 0 bridgehead atoms. The summed E-state index contributed by atoms with van der Waals surface area (Å²) in [5.41, 5.74) is 11.9. The van der Waals surface area contributed by atoms with Crippen molar-refractivity contribution in [3.63, 3.8) is 0 Å². The molecule has 1 amide bonds. The zero-order chi connectivity index (χ0) is 27.2. The number of aromatic nitrogens is 2. The third kappa shape index (κ3) is 6.53. The maximum absolute atomic E-state index is 13.9. The van der Waals surface area contributed by atoms with Crippen LogP contribution in [0.2, 0.25) is 5.02 Å². The lowest BCUT2D eigenvalue weighted by Gasteiger charge is -2.34. The van der Waals surface area contributed by atoms with Gasteiger partial charge < -0.3 is 15.2 Å². The zero-order valence-corrected chi connectivity index (χ0v) is 23.4. The van der Waals surface area contributed by atoms with Gasteiger partial charge in [0, 0.05) is 35.4 Å². The highest BCUT2D eigenvalue weighted by Gasteiger charge is 2.32. The van der Waals surface area contributed by atoms with E-state index in [0.29, 0.717) is 36.6 Å². The van der Waals surface area contributed by atoms with Crippen LogP contribution in [0.4, 0.5) is 0 Å². The molecule has 0 fully saturated rings. The van der Waals surface area contributed by atoms with Crippen molar-refractivity contribution >= 4 is 17.5 Å². The molecule has 0 aliphatic carbocycles. The summed E-state index contributed by atoms with van der Waals surface area (Å²) in [6.07, 6.45) is 2.79. The lowest BCUT2D eigenvalue weighted by Crippen LogP contribution is -2.40. The molecule has 1 aromatic heterocycles. The number of hydrogen-bond acceptors (Lipinski definition) is 3. The summed E-state index contributed by atoms with van der Waals surface area (Å²) >= 11 is 6.33. The Labute approximate surface area is 231 Å². The summed E-state index contributed by atoms with van der Waals surface area (Å²) in [5.74, 6) is 0.966. The van der Waals surface area contributed by atoms with Gasteiger partial charge in [0.1, 0.15) is 5.82 Å². The molecule has 0 saturated carbocycles. The Kier molecular flexibility index (Phi) is 9.03. The molecule has 4 aromatic rings. The van der Waals surface area contributed by atoms with Gasteiger partial charge in [-0.25, -0.2) is 4.98 Å². The number of nitrogens with two attached hydrogens (primary N) is 1. The first-order valence-corrected chi connectivity index (χ1v) is 13.6. The van der Waals surface area contributed by atoms with Crippen LogP contribution >= 0.6 is 11.6 Å². The van der Waals surface area contributed by atoms with Crippen LogP contribution in [0.25, 0.3) is 11.3 Å². The summed E-state index contributed by atoms with van der Waals surface area (Å²) < 4.78 is 2.19. The molecule has 0 aliphatic heterocycles. The Balaban J connectivity index is 1.83. The van der Waals surface area contributed by atoms with Crippen molar-refractivity contribution in [1.82, 2.24) is 14.5 Å². The van der Waals surface area contributed by atoms with Crippen LogP contribution in [0, 0.1) is 19.8 Å². The number of hydrogen-bond donors (Lipinski definition) is 1. The molecule has 1 heterocycles. The highest BCUT2D eigenvalue weighted by Crippen LogP contribution is 2.33. The molecule has 3 aromatic carbocycles. The number of carbonyl (C=O) groups is 1. The Morgan fingerprint density at radius 2 is 1.74 bits per heavy atom. The largest absolute Gasteiger partial charge is 0.330 e. The average molecular weight is 529 g/mol. The minimum atomic E-state index is -0.243. The van der Waals surface area contributed by atoms with Crippen LogP contribution in [0.5, 0.6) is 0 Å². The molecule has 6 heteroatoms. The normalized spacial score (nSPS) is 12.1. The fourth-order valence-electron chi connectivity index (χ4n) is 4.87. The number of imidazole rings is 1. The van der Waals surface area contributed by atoms with Gasteiger partial charge in [0.25, 0.3) is 5.91 Å². The third-order valence-electron chi connectivity index (χ3n) is 6.76.